The van der Waals surface area contributed by atoms with E-state index in [4.69, 9.17) is 15.2 Å². The second-order valence-corrected chi connectivity index (χ2v) is 14.2. The van der Waals surface area contributed by atoms with Gasteiger partial charge in [0.05, 0.1) is 35.9 Å². The van der Waals surface area contributed by atoms with Crippen molar-refractivity contribution < 1.29 is 41.9 Å². The van der Waals surface area contributed by atoms with E-state index in [2.05, 4.69) is 28.6 Å². The summed E-state index contributed by atoms with van der Waals surface area (Å²) in [5.74, 6) is -2.10. The lowest BCUT2D eigenvalue weighted by atomic mass is 9.96. The molecule has 1 aliphatic heterocycles. The van der Waals surface area contributed by atoms with E-state index in [1.807, 2.05) is 0 Å². The number of ether oxygens (including phenoxy) is 2. The van der Waals surface area contributed by atoms with Crippen molar-refractivity contribution in [1.29, 1.82) is 0 Å². The zero-order valence-electron chi connectivity index (χ0n) is 28.2. The van der Waals surface area contributed by atoms with E-state index in [1.54, 1.807) is 36.4 Å². The molecule has 1 unspecified atom stereocenters. The van der Waals surface area contributed by atoms with Crippen molar-refractivity contribution in [1.82, 2.24) is 16.0 Å². The number of thiol groups is 1. The van der Waals surface area contributed by atoms with Crippen LogP contribution in [0.2, 0.25) is 0 Å². The first-order chi connectivity index (χ1) is 23.9. The third-order valence-corrected chi connectivity index (χ3v) is 9.35. The lowest BCUT2D eigenvalue weighted by Gasteiger charge is -2.19. The quantitative estimate of drug-likeness (QED) is 0.0680. The largest absolute Gasteiger partial charge is 0.483 e. The van der Waals surface area contributed by atoms with Gasteiger partial charge in [-0.2, -0.15) is 12.6 Å². The van der Waals surface area contributed by atoms with Crippen LogP contribution in [0.5, 0.6) is 5.75 Å². The van der Waals surface area contributed by atoms with Crippen LogP contribution in [0.25, 0.3) is 11.1 Å². The first-order valence-electron chi connectivity index (χ1n) is 16.5. The highest BCUT2D eigenvalue weighted by atomic mass is 32.2. The maximum atomic E-state index is 13.2. The molecule has 0 aliphatic carbocycles. The van der Waals surface area contributed by atoms with Gasteiger partial charge in [-0.15, -0.1) is 0 Å². The summed E-state index contributed by atoms with van der Waals surface area (Å²) < 4.78 is 35.2. The third-order valence-electron chi connectivity index (χ3n) is 7.93. The minimum atomic E-state index is -3.38. The Morgan fingerprint density at radius 1 is 0.800 bits per heavy atom. The summed E-state index contributed by atoms with van der Waals surface area (Å²) in [4.78, 5) is 61.6. The van der Waals surface area contributed by atoms with E-state index < -0.39 is 39.6 Å². The number of hydrogen-bond donors (Lipinski definition) is 5. The van der Waals surface area contributed by atoms with Crippen LogP contribution in [-0.4, -0.2) is 88.8 Å². The summed E-state index contributed by atoms with van der Waals surface area (Å²) in [5.41, 5.74) is 7.76. The standard InChI is InChI=1S/C35H46N4O9S2/c1-50(45,46)27-16-12-24(13-17-27)28-22-47-35(44)34(28)25-10-14-26(15-11-25)48-30(9-7-5-3-2-4-6-8-18-36)29(40)19-37-31(41)20-38-32(42)21-39-33(43)23-49/h10-17,30,49H,2-9,18-23,36H2,1H3,(H,37,41)(H,38,42)(H,39,43). The number of hydrogen-bond acceptors (Lipinski definition) is 11. The number of benzene rings is 2. The topological polar surface area (TPSA) is 200 Å². The molecule has 1 heterocycles. The van der Waals surface area contributed by atoms with Gasteiger partial charge in [0.25, 0.3) is 0 Å². The molecule has 5 N–H and O–H groups in total. The van der Waals surface area contributed by atoms with Gasteiger partial charge in [-0.3, -0.25) is 19.2 Å². The number of cyclic esters (lactones) is 1. The minimum absolute atomic E-state index is 0.0380. The second-order valence-electron chi connectivity index (χ2n) is 11.9. The first-order valence-corrected chi connectivity index (χ1v) is 19.1. The van der Waals surface area contributed by atoms with Crippen LogP contribution in [-0.2, 0) is 38.5 Å². The molecule has 3 rings (SSSR count). The molecule has 1 atom stereocenters. The van der Waals surface area contributed by atoms with Gasteiger partial charge < -0.3 is 31.2 Å². The van der Waals surface area contributed by atoms with Crippen LogP contribution < -0.4 is 26.4 Å². The summed E-state index contributed by atoms with van der Waals surface area (Å²) >= 11 is 3.81. The molecule has 0 radical (unpaired) electrons. The Balaban J connectivity index is 1.65. The fourth-order valence-corrected chi connectivity index (χ4v) is 5.92. The molecule has 0 bridgehead atoms. The van der Waals surface area contributed by atoms with Gasteiger partial charge in [0.2, 0.25) is 17.7 Å². The lowest BCUT2D eigenvalue weighted by Crippen LogP contribution is -2.44. The maximum absolute atomic E-state index is 13.2. The van der Waals surface area contributed by atoms with Crippen LogP contribution in [0.3, 0.4) is 0 Å². The number of Topliss-reactive ketones (excluding diaryl/α,β-unsaturated/α-hetero) is 1. The first kappa shape index (κ1) is 40.2. The van der Waals surface area contributed by atoms with E-state index >= 15 is 0 Å². The van der Waals surface area contributed by atoms with Crippen LogP contribution in [0.15, 0.2) is 53.4 Å². The number of esters is 1. The Kier molecular flexibility index (Phi) is 16.5. The summed E-state index contributed by atoms with van der Waals surface area (Å²) in [7, 11) is -3.38. The molecule has 1 aliphatic rings. The highest BCUT2D eigenvalue weighted by Gasteiger charge is 2.28. The predicted octanol–water partition coefficient (Wildman–Crippen LogP) is 2.23. The molecule has 2 aromatic rings. The smallest absolute Gasteiger partial charge is 0.339 e. The number of nitrogens with two attached hydrogens (primary N) is 1. The molecule has 0 spiro atoms. The molecule has 0 saturated carbocycles. The summed E-state index contributed by atoms with van der Waals surface area (Å²) in [6.45, 7) is -0.263. The van der Waals surface area contributed by atoms with Crippen molar-refractivity contribution in [2.75, 3.05) is 44.8 Å². The summed E-state index contributed by atoms with van der Waals surface area (Å²) in [6.07, 6.45) is 7.60. The highest BCUT2D eigenvalue weighted by molar-refractivity contribution is 7.90. The average Bonchev–Trinajstić information content (AvgIpc) is 3.50. The van der Waals surface area contributed by atoms with Crippen molar-refractivity contribution in [3.05, 3.63) is 59.7 Å². The Morgan fingerprint density at radius 3 is 1.92 bits per heavy atom. The number of ketones is 1. The van der Waals surface area contributed by atoms with Crippen molar-refractivity contribution in [2.45, 2.75) is 62.4 Å². The predicted molar refractivity (Wildman–Crippen MR) is 192 cm³/mol. The Hall–Kier alpha value is -4.21. The van der Waals surface area contributed by atoms with E-state index in [9.17, 15) is 32.4 Å². The zero-order valence-corrected chi connectivity index (χ0v) is 29.9. The van der Waals surface area contributed by atoms with Gasteiger partial charge in [0.1, 0.15) is 12.4 Å². The van der Waals surface area contributed by atoms with Crippen molar-refractivity contribution in [3.8, 4) is 5.75 Å². The van der Waals surface area contributed by atoms with Gasteiger partial charge in [-0.05, 0) is 61.2 Å². The number of amides is 3. The number of sulfone groups is 1. The van der Waals surface area contributed by atoms with Gasteiger partial charge in [-0.1, -0.05) is 56.4 Å². The number of nitrogens with one attached hydrogen (secondary N) is 3. The van der Waals surface area contributed by atoms with E-state index in [0.29, 0.717) is 41.0 Å². The number of rotatable bonds is 22. The highest BCUT2D eigenvalue weighted by Crippen LogP contribution is 2.34. The van der Waals surface area contributed by atoms with Gasteiger partial charge in [-0.25, -0.2) is 13.2 Å². The number of unbranched alkanes of at least 4 members (excludes halogenated alkanes) is 6. The van der Waals surface area contributed by atoms with E-state index in [0.717, 1.165) is 51.2 Å². The number of carbonyl (C=O) groups excluding carboxylic acids is 5. The van der Waals surface area contributed by atoms with E-state index in [1.165, 1.54) is 12.1 Å². The van der Waals surface area contributed by atoms with Gasteiger partial charge in [0, 0.05) is 11.8 Å². The SMILES string of the molecule is CS(=O)(=O)c1ccc(C2=C(c3ccc(OC(CCCCCCCCCN)C(=O)CNC(=O)CNC(=O)CNC(=O)CS)cc3)C(=O)OC2)cc1. The molecule has 15 heteroatoms. The third kappa shape index (κ3) is 13.2. The van der Waals surface area contributed by atoms with Gasteiger partial charge in [0.15, 0.2) is 21.7 Å². The molecule has 272 valence electrons. The van der Waals surface area contributed by atoms with Gasteiger partial charge >= 0.3 is 5.97 Å². The van der Waals surface area contributed by atoms with Crippen LogP contribution >= 0.6 is 12.6 Å². The fourth-order valence-electron chi connectivity index (χ4n) is 5.17. The van der Waals surface area contributed by atoms with Crippen molar-refractivity contribution in [3.63, 3.8) is 0 Å². The molecule has 13 nitrogen and oxygen atoms in total. The Labute approximate surface area is 298 Å². The van der Waals surface area contributed by atoms with E-state index in [-0.39, 0.29) is 42.7 Å². The normalized spacial score (nSPS) is 13.4. The Morgan fingerprint density at radius 2 is 1.34 bits per heavy atom. The Bertz CT molecular complexity index is 1630. The van der Waals surface area contributed by atoms with Crippen LogP contribution in [0, 0.1) is 0 Å². The molecule has 0 fully saturated rings. The zero-order chi connectivity index (χ0) is 36.5. The lowest BCUT2D eigenvalue weighted by molar-refractivity contribution is -0.134. The molecule has 50 heavy (non-hydrogen) atoms. The monoisotopic (exact) mass is 730 g/mol. The second kappa shape index (κ2) is 20.5. The van der Waals surface area contributed by atoms with Crippen LogP contribution in [0.1, 0.15) is 62.5 Å². The van der Waals surface area contributed by atoms with Crippen molar-refractivity contribution >= 4 is 63.1 Å². The molecule has 0 aromatic heterocycles. The summed E-state index contributed by atoms with van der Waals surface area (Å²) in [5, 5.41) is 7.23. The molecule has 3 amide bonds. The maximum Gasteiger partial charge on any atom is 0.339 e. The fraction of sp³-hybridized carbons (Fsp3) is 0.457. The van der Waals surface area contributed by atoms with Crippen LogP contribution in [0.4, 0.5) is 0 Å². The summed E-state index contributed by atoms with van der Waals surface area (Å²) in [6, 6.07) is 12.9. The molecular weight excluding hydrogens is 685 g/mol. The average molecular weight is 731 g/mol. The minimum Gasteiger partial charge on any atom is -0.483 e. The van der Waals surface area contributed by atoms with Crippen molar-refractivity contribution in [2.24, 2.45) is 5.73 Å². The molecule has 2 aromatic carbocycles. The molecule has 0 saturated heterocycles. The molecular formula is C35H46N4O9S2. The number of carbonyl (C=O) groups is 5.